The summed E-state index contributed by atoms with van der Waals surface area (Å²) in [5, 5.41) is 3.16. The minimum Gasteiger partial charge on any atom is -0.465 e. The smallest absolute Gasteiger partial charge is 0.324 e. The van der Waals surface area contributed by atoms with Gasteiger partial charge in [0.1, 0.15) is 11.9 Å². The summed E-state index contributed by atoms with van der Waals surface area (Å²) in [5.74, 6) is 0.620. The van der Waals surface area contributed by atoms with Crippen molar-refractivity contribution >= 4 is 5.97 Å². The lowest BCUT2D eigenvalue weighted by Gasteiger charge is -2.18. The Hall–Kier alpha value is -2.14. The van der Waals surface area contributed by atoms with Gasteiger partial charge in [0.25, 0.3) is 0 Å². The van der Waals surface area contributed by atoms with Crippen LogP contribution >= 0.6 is 0 Å². The van der Waals surface area contributed by atoms with Gasteiger partial charge in [0.2, 0.25) is 0 Å². The number of carbonyl (C=O) groups is 1. The third-order valence-electron chi connectivity index (χ3n) is 3.15. The van der Waals surface area contributed by atoms with Crippen molar-refractivity contribution in [1.82, 2.24) is 14.9 Å². The number of rotatable bonds is 7. The fourth-order valence-electron chi connectivity index (χ4n) is 2.21. The van der Waals surface area contributed by atoms with E-state index in [0.29, 0.717) is 19.7 Å². The molecule has 1 heterocycles. The standard InChI is InChI=1S/C16H21N3O2/c1-3-17-14(16(20)21-4-2)12-19-11-10-18-15(19)13-8-6-5-7-9-13/h5-11,14,17H,3-4,12H2,1-2H3. The van der Waals surface area contributed by atoms with Crippen molar-refractivity contribution in [1.29, 1.82) is 0 Å². The topological polar surface area (TPSA) is 56.2 Å². The van der Waals surface area contributed by atoms with Gasteiger partial charge in [-0.25, -0.2) is 4.98 Å². The van der Waals surface area contributed by atoms with Crippen LogP contribution in [0.4, 0.5) is 0 Å². The van der Waals surface area contributed by atoms with Crippen LogP contribution in [0, 0.1) is 0 Å². The molecule has 2 rings (SSSR count). The SMILES string of the molecule is CCNC(Cn1ccnc1-c1ccccc1)C(=O)OCC. The molecule has 112 valence electrons. The summed E-state index contributed by atoms with van der Waals surface area (Å²) >= 11 is 0. The lowest BCUT2D eigenvalue weighted by atomic mass is 10.2. The van der Waals surface area contributed by atoms with Crippen LogP contribution in [0.3, 0.4) is 0 Å². The fraction of sp³-hybridized carbons (Fsp3) is 0.375. The summed E-state index contributed by atoms with van der Waals surface area (Å²) in [7, 11) is 0. The first-order chi connectivity index (χ1) is 10.3. The van der Waals surface area contributed by atoms with Gasteiger partial charge in [0.15, 0.2) is 0 Å². The molecule has 2 aromatic rings. The van der Waals surface area contributed by atoms with Crippen molar-refractivity contribution < 1.29 is 9.53 Å². The predicted molar refractivity (Wildman–Crippen MR) is 81.8 cm³/mol. The number of aromatic nitrogens is 2. The van der Waals surface area contributed by atoms with Crippen LogP contribution in [0.25, 0.3) is 11.4 Å². The van der Waals surface area contributed by atoms with E-state index in [2.05, 4.69) is 10.3 Å². The first-order valence-electron chi connectivity index (χ1n) is 7.22. The van der Waals surface area contributed by atoms with Crippen molar-refractivity contribution in [3.8, 4) is 11.4 Å². The van der Waals surface area contributed by atoms with E-state index >= 15 is 0 Å². The van der Waals surface area contributed by atoms with E-state index < -0.39 is 0 Å². The Bertz CT molecular complexity index is 566. The summed E-state index contributed by atoms with van der Waals surface area (Å²) < 4.78 is 7.09. The Morgan fingerprint density at radius 2 is 2.10 bits per heavy atom. The van der Waals surface area contributed by atoms with E-state index in [1.807, 2.05) is 54.9 Å². The summed E-state index contributed by atoms with van der Waals surface area (Å²) in [4.78, 5) is 16.4. The second-order valence-corrected chi connectivity index (χ2v) is 4.63. The van der Waals surface area contributed by atoms with Gasteiger partial charge in [0.05, 0.1) is 13.2 Å². The van der Waals surface area contributed by atoms with Crippen LogP contribution in [0.2, 0.25) is 0 Å². The van der Waals surface area contributed by atoms with Gasteiger partial charge in [-0.15, -0.1) is 0 Å². The highest BCUT2D eigenvalue weighted by atomic mass is 16.5. The number of likely N-dealkylation sites (N-methyl/N-ethyl adjacent to an activating group) is 1. The molecule has 0 aliphatic rings. The minimum absolute atomic E-state index is 0.230. The number of ether oxygens (including phenoxy) is 1. The third-order valence-corrected chi connectivity index (χ3v) is 3.15. The molecule has 0 saturated carbocycles. The number of esters is 1. The average molecular weight is 287 g/mol. The maximum Gasteiger partial charge on any atom is 0.324 e. The van der Waals surface area contributed by atoms with Gasteiger partial charge in [-0.2, -0.15) is 0 Å². The van der Waals surface area contributed by atoms with Gasteiger partial charge < -0.3 is 14.6 Å². The van der Waals surface area contributed by atoms with E-state index in [1.54, 1.807) is 6.20 Å². The molecule has 0 fully saturated rings. The summed E-state index contributed by atoms with van der Waals surface area (Å²) in [5.41, 5.74) is 1.03. The first kappa shape index (κ1) is 15.3. The Labute approximate surface area is 125 Å². The van der Waals surface area contributed by atoms with Gasteiger partial charge in [0, 0.05) is 18.0 Å². The Morgan fingerprint density at radius 3 is 2.76 bits per heavy atom. The zero-order valence-corrected chi connectivity index (χ0v) is 12.5. The third kappa shape index (κ3) is 3.92. The van der Waals surface area contributed by atoms with E-state index in [4.69, 9.17) is 4.74 Å². The molecule has 5 nitrogen and oxygen atoms in total. The van der Waals surface area contributed by atoms with Crippen LogP contribution in [0.1, 0.15) is 13.8 Å². The van der Waals surface area contributed by atoms with Gasteiger partial charge in [-0.05, 0) is 13.5 Å². The number of hydrogen-bond donors (Lipinski definition) is 1. The molecular weight excluding hydrogens is 266 g/mol. The highest BCUT2D eigenvalue weighted by Gasteiger charge is 2.20. The molecule has 0 amide bonds. The normalized spacial score (nSPS) is 12.1. The largest absolute Gasteiger partial charge is 0.465 e. The lowest BCUT2D eigenvalue weighted by Crippen LogP contribution is -2.41. The summed E-state index contributed by atoms with van der Waals surface area (Å²) in [6.45, 7) is 5.37. The minimum atomic E-state index is -0.369. The van der Waals surface area contributed by atoms with Crippen LogP contribution in [-0.2, 0) is 16.1 Å². The highest BCUT2D eigenvalue weighted by molar-refractivity contribution is 5.75. The maximum atomic E-state index is 12.0. The second-order valence-electron chi connectivity index (χ2n) is 4.63. The molecule has 1 aromatic heterocycles. The van der Waals surface area contributed by atoms with Gasteiger partial charge >= 0.3 is 5.97 Å². The number of benzene rings is 1. The van der Waals surface area contributed by atoms with Crippen LogP contribution in [0.5, 0.6) is 0 Å². The number of nitrogens with zero attached hydrogens (tertiary/aromatic N) is 2. The van der Waals surface area contributed by atoms with E-state index in [1.165, 1.54) is 0 Å². The lowest BCUT2D eigenvalue weighted by molar-refractivity contribution is -0.146. The van der Waals surface area contributed by atoms with Crippen molar-refractivity contribution in [2.45, 2.75) is 26.4 Å². The second kappa shape index (κ2) is 7.59. The Morgan fingerprint density at radius 1 is 1.33 bits per heavy atom. The Balaban J connectivity index is 2.18. The molecular formula is C16H21N3O2. The monoisotopic (exact) mass is 287 g/mol. The molecule has 0 radical (unpaired) electrons. The number of hydrogen-bond acceptors (Lipinski definition) is 4. The molecule has 1 aromatic carbocycles. The van der Waals surface area contributed by atoms with E-state index in [9.17, 15) is 4.79 Å². The molecule has 1 atom stereocenters. The summed E-state index contributed by atoms with van der Waals surface area (Å²) in [6, 6.07) is 9.56. The van der Waals surface area contributed by atoms with Crippen LogP contribution in [-0.4, -0.2) is 34.7 Å². The number of imidazole rings is 1. The molecule has 1 unspecified atom stereocenters. The van der Waals surface area contributed by atoms with Crippen LogP contribution < -0.4 is 5.32 Å². The van der Waals surface area contributed by atoms with Crippen LogP contribution in [0.15, 0.2) is 42.7 Å². The first-order valence-corrected chi connectivity index (χ1v) is 7.22. The van der Waals surface area contributed by atoms with Gasteiger partial charge in [-0.1, -0.05) is 37.3 Å². The van der Waals surface area contributed by atoms with Crippen molar-refractivity contribution in [3.63, 3.8) is 0 Å². The Kier molecular flexibility index (Phi) is 5.51. The van der Waals surface area contributed by atoms with Crippen molar-refractivity contribution in [3.05, 3.63) is 42.7 Å². The molecule has 0 spiro atoms. The quantitative estimate of drug-likeness (QED) is 0.792. The molecule has 5 heteroatoms. The molecule has 0 aliphatic heterocycles. The molecule has 1 N–H and O–H groups in total. The zero-order chi connectivity index (χ0) is 15.1. The highest BCUT2D eigenvalue weighted by Crippen LogP contribution is 2.17. The fourth-order valence-corrected chi connectivity index (χ4v) is 2.21. The number of carbonyl (C=O) groups excluding carboxylic acids is 1. The average Bonchev–Trinajstić information content (AvgIpc) is 2.96. The molecule has 0 aliphatic carbocycles. The number of nitrogens with one attached hydrogen (secondary N) is 1. The van der Waals surface area contributed by atoms with Crippen molar-refractivity contribution in [2.75, 3.05) is 13.2 Å². The van der Waals surface area contributed by atoms with Gasteiger partial charge in [-0.3, -0.25) is 4.79 Å². The predicted octanol–water partition coefficient (Wildman–Crippen LogP) is 2.09. The molecule has 21 heavy (non-hydrogen) atoms. The molecule has 0 bridgehead atoms. The van der Waals surface area contributed by atoms with E-state index in [0.717, 1.165) is 11.4 Å². The van der Waals surface area contributed by atoms with Crippen molar-refractivity contribution in [2.24, 2.45) is 0 Å². The maximum absolute atomic E-state index is 12.0. The molecule has 0 saturated heterocycles. The zero-order valence-electron chi connectivity index (χ0n) is 12.5. The summed E-state index contributed by atoms with van der Waals surface area (Å²) in [6.07, 6.45) is 3.63. The van der Waals surface area contributed by atoms with E-state index in [-0.39, 0.29) is 12.0 Å².